The molecule has 0 saturated carbocycles. The Morgan fingerprint density at radius 1 is 1.29 bits per heavy atom. The van der Waals surface area contributed by atoms with E-state index in [0.717, 1.165) is 5.39 Å². The van der Waals surface area contributed by atoms with E-state index in [2.05, 4.69) is 15.9 Å². The maximum Gasteiger partial charge on any atom is 0.350 e. The number of carboxylic acid groups (broad SMARTS) is 2. The predicted molar refractivity (Wildman–Crippen MR) is 78.0 cm³/mol. The molecule has 0 spiro atoms. The number of fused-ring (bicyclic) bond motifs is 1. The van der Waals surface area contributed by atoms with Crippen LogP contribution in [0.5, 0.6) is 0 Å². The Balaban J connectivity index is 0.000000222. The minimum absolute atomic E-state index is 0.339. The molecule has 21 heavy (non-hydrogen) atoms. The van der Waals surface area contributed by atoms with Crippen molar-refractivity contribution in [2.75, 3.05) is 0 Å². The van der Waals surface area contributed by atoms with Gasteiger partial charge in [-0.15, -0.1) is 0 Å². The Morgan fingerprint density at radius 3 is 2.43 bits per heavy atom. The summed E-state index contributed by atoms with van der Waals surface area (Å²) in [5, 5.41) is 17.0. The van der Waals surface area contributed by atoms with Crippen molar-refractivity contribution in [3.63, 3.8) is 0 Å². The van der Waals surface area contributed by atoms with Crippen LogP contribution in [-0.4, -0.2) is 28.2 Å². The maximum absolute atomic E-state index is 11.0. The summed E-state index contributed by atoms with van der Waals surface area (Å²) in [7, 11) is 0. The Bertz CT molecular complexity index is 711. The molecule has 1 atom stereocenters. The molecular formula is C13H12BrNO6. The van der Waals surface area contributed by atoms with E-state index in [1.807, 2.05) is 18.2 Å². The molecule has 0 aliphatic heterocycles. The van der Waals surface area contributed by atoms with Gasteiger partial charge in [0.15, 0.2) is 0 Å². The smallest absolute Gasteiger partial charge is 0.350 e. The Labute approximate surface area is 127 Å². The van der Waals surface area contributed by atoms with E-state index in [1.165, 1.54) is 0 Å². The zero-order valence-corrected chi connectivity index (χ0v) is 12.2. The first kappa shape index (κ1) is 16.9. The molecule has 0 bridgehead atoms. The van der Waals surface area contributed by atoms with Crippen LogP contribution in [0.2, 0.25) is 0 Å². The Morgan fingerprint density at radius 2 is 1.90 bits per heavy atom. The monoisotopic (exact) mass is 357 g/mol. The first-order valence-corrected chi connectivity index (χ1v) is 6.49. The number of hydrogen-bond donors (Lipinski definition) is 3. The topological polar surface area (TPSA) is 131 Å². The zero-order chi connectivity index (χ0) is 16.0. The molecular weight excluding hydrogens is 346 g/mol. The molecule has 2 rings (SSSR count). The van der Waals surface area contributed by atoms with Crippen molar-refractivity contribution < 1.29 is 24.2 Å². The first-order chi connectivity index (χ1) is 9.81. The first-order valence-electron chi connectivity index (χ1n) is 5.70. The van der Waals surface area contributed by atoms with Gasteiger partial charge in [0.25, 0.3) is 0 Å². The van der Waals surface area contributed by atoms with E-state index < -0.39 is 24.4 Å². The van der Waals surface area contributed by atoms with Gasteiger partial charge in [0, 0.05) is 5.39 Å². The van der Waals surface area contributed by atoms with Gasteiger partial charge in [-0.2, -0.15) is 0 Å². The fourth-order valence-corrected chi connectivity index (χ4v) is 1.64. The highest BCUT2D eigenvalue weighted by Gasteiger charge is 2.14. The normalized spacial score (nSPS) is 11.3. The van der Waals surface area contributed by atoms with E-state index in [9.17, 15) is 14.4 Å². The van der Waals surface area contributed by atoms with Crippen LogP contribution in [0.25, 0.3) is 11.0 Å². The lowest BCUT2D eigenvalue weighted by atomic mass is 10.2. The van der Waals surface area contributed by atoms with Crippen LogP contribution in [0.3, 0.4) is 0 Å². The molecule has 1 heterocycles. The van der Waals surface area contributed by atoms with Crippen LogP contribution in [0.1, 0.15) is 6.42 Å². The maximum atomic E-state index is 11.0. The van der Waals surface area contributed by atoms with Crippen molar-refractivity contribution in [3.8, 4) is 0 Å². The molecule has 112 valence electrons. The summed E-state index contributed by atoms with van der Waals surface area (Å²) in [6.45, 7) is 0. The summed E-state index contributed by atoms with van der Waals surface area (Å²) in [4.78, 5) is 30.6. The molecule has 0 radical (unpaired) electrons. The zero-order valence-electron chi connectivity index (χ0n) is 10.7. The molecule has 1 aromatic heterocycles. The van der Waals surface area contributed by atoms with Crippen molar-refractivity contribution in [1.29, 1.82) is 0 Å². The lowest BCUT2D eigenvalue weighted by molar-refractivity contribution is -0.144. The van der Waals surface area contributed by atoms with Gasteiger partial charge in [-0.1, -0.05) is 18.2 Å². The molecule has 7 nitrogen and oxygen atoms in total. The third kappa shape index (κ3) is 5.36. The summed E-state index contributed by atoms with van der Waals surface area (Å²) in [6.07, 6.45) is -0.532. The van der Waals surface area contributed by atoms with E-state index in [0.29, 0.717) is 10.1 Å². The van der Waals surface area contributed by atoms with Crippen molar-refractivity contribution in [2.24, 2.45) is 5.73 Å². The number of para-hydroxylation sites is 1. The summed E-state index contributed by atoms with van der Waals surface area (Å²) in [5.74, 6) is -2.50. The van der Waals surface area contributed by atoms with Crippen molar-refractivity contribution in [3.05, 3.63) is 45.2 Å². The number of carboxylic acids is 2. The highest BCUT2D eigenvalue weighted by atomic mass is 79.9. The van der Waals surface area contributed by atoms with Crippen LogP contribution in [0, 0.1) is 0 Å². The molecule has 0 aliphatic rings. The highest BCUT2D eigenvalue weighted by molar-refractivity contribution is 9.10. The SMILES string of the molecule is N[C@@H](CC(=O)O)C(=O)O.O=c1oc2ccccc2cc1Br. The van der Waals surface area contributed by atoms with Crippen LogP contribution in [0.4, 0.5) is 0 Å². The van der Waals surface area contributed by atoms with Gasteiger partial charge >= 0.3 is 17.6 Å². The quantitative estimate of drug-likeness (QED) is 0.708. The lowest BCUT2D eigenvalue weighted by Gasteiger charge is -1.99. The summed E-state index contributed by atoms with van der Waals surface area (Å²) >= 11 is 3.11. The van der Waals surface area contributed by atoms with Crippen molar-refractivity contribution >= 4 is 38.8 Å². The molecule has 8 heteroatoms. The predicted octanol–water partition coefficient (Wildman–Crippen LogP) is 1.43. The van der Waals surface area contributed by atoms with E-state index in [-0.39, 0.29) is 5.63 Å². The van der Waals surface area contributed by atoms with Crippen molar-refractivity contribution in [1.82, 2.24) is 0 Å². The summed E-state index contributed by atoms with van der Waals surface area (Å²) in [5.41, 5.74) is 5.11. The van der Waals surface area contributed by atoms with Gasteiger partial charge in [-0.05, 0) is 28.1 Å². The van der Waals surface area contributed by atoms with Gasteiger partial charge in [0.05, 0.1) is 6.42 Å². The highest BCUT2D eigenvalue weighted by Crippen LogP contribution is 2.14. The van der Waals surface area contributed by atoms with Gasteiger partial charge in [0.2, 0.25) is 0 Å². The fourth-order valence-electron chi connectivity index (χ4n) is 1.31. The second kappa shape index (κ2) is 7.55. The standard InChI is InChI=1S/C9H5BrO2.C4H7NO4/c10-7-5-6-3-1-2-4-8(6)12-9(7)11;5-2(4(8)9)1-3(6)7/h1-5H;2H,1,5H2,(H,6,7)(H,8,9)/t;2-/m.0/s1. The minimum Gasteiger partial charge on any atom is -0.481 e. The van der Waals surface area contributed by atoms with Gasteiger partial charge in [-0.3, -0.25) is 9.59 Å². The molecule has 0 unspecified atom stereocenters. The lowest BCUT2D eigenvalue weighted by Crippen LogP contribution is -2.32. The second-order valence-corrected chi connectivity index (χ2v) is 4.82. The second-order valence-electron chi connectivity index (χ2n) is 3.96. The molecule has 0 saturated heterocycles. The largest absolute Gasteiger partial charge is 0.481 e. The minimum atomic E-state index is -1.29. The molecule has 0 fully saturated rings. The van der Waals surface area contributed by atoms with Gasteiger partial charge < -0.3 is 20.4 Å². The summed E-state index contributed by atoms with van der Waals surface area (Å²) < 4.78 is 5.45. The molecule has 4 N–H and O–H groups in total. The Hall–Kier alpha value is -2.19. The van der Waals surface area contributed by atoms with E-state index >= 15 is 0 Å². The third-order valence-electron chi connectivity index (χ3n) is 2.31. The number of nitrogens with two attached hydrogens (primary N) is 1. The number of benzene rings is 1. The van der Waals surface area contributed by atoms with Crippen LogP contribution < -0.4 is 11.4 Å². The number of carbonyl (C=O) groups is 2. The van der Waals surface area contributed by atoms with Gasteiger partial charge in [0.1, 0.15) is 16.1 Å². The molecule has 1 aromatic carbocycles. The fraction of sp³-hybridized carbons (Fsp3) is 0.154. The van der Waals surface area contributed by atoms with E-state index in [1.54, 1.807) is 12.1 Å². The van der Waals surface area contributed by atoms with E-state index in [4.69, 9.17) is 20.4 Å². The number of hydrogen-bond acceptors (Lipinski definition) is 5. The third-order valence-corrected chi connectivity index (χ3v) is 2.86. The van der Waals surface area contributed by atoms with Crippen LogP contribution in [0.15, 0.2) is 44.0 Å². The molecule has 0 aliphatic carbocycles. The van der Waals surface area contributed by atoms with Crippen LogP contribution >= 0.6 is 15.9 Å². The number of rotatable bonds is 3. The summed E-state index contributed by atoms with van der Waals surface area (Å²) in [6, 6.07) is 7.85. The molecule has 2 aromatic rings. The number of halogens is 1. The average molecular weight is 358 g/mol. The van der Waals surface area contributed by atoms with Crippen LogP contribution in [-0.2, 0) is 9.59 Å². The number of aliphatic carboxylic acids is 2. The van der Waals surface area contributed by atoms with Gasteiger partial charge in [-0.25, -0.2) is 4.79 Å². The Kier molecular flexibility index (Phi) is 6.07. The molecule has 0 amide bonds. The average Bonchev–Trinajstić information content (AvgIpc) is 2.40. The van der Waals surface area contributed by atoms with Crippen molar-refractivity contribution in [2.45, 2.75) is 12.5 Å².